The summed E-state index contributed by atoms with van der Waals surface area (Å²) < 4.78 is 20.2. The van der Waals surface area contributed by atoms with Gasteiger partial charge in [0.05, 0.1) is 24.8 Å². The number of cyclic esters (lactones) is 1. The largest absolute Gasteiger partial charge is 0.442 e. The number of anilines is 1. The van der Waals surface area contributed by atoms with Gasteiger partial charge in [0.1, 0.15) is 11.9 Å². The number of nitrogens with two attached hydrogens (primary N) is 1. The van der Waals surface area contributed by atoms with Crippen LogP contribution in [0.3, 0.4) is 0 Å². The van der Waals surface area contributed by atoms with E-state index in [0.717, 1.165) is 11.1 Å². The molecule has 0 aliphatic carbocycles. The molecule has 37 heavy (non-hydrogen) atoms. The molecule has 192 valence electrons. The van der Waals surface area contributed by atoms with E-state index < -0.39 is 24.1 Å². The first-order valence-corrected chi connectivity index (χ1v) is 11.8. The maximum atomic E-state index is 15.0. The molecule has 0 spiro atoms. The SMILES string of the molecule is CC(=O)NC[C@H]1CN(c2ccc(-c3ccc(CNC(=O)[C@H](N)Cc4cccnc4)cc3)c(F)c2)C(=O)O1. The van der Waals surface area contributed by atoms with Crippen molar-refractivity contribution in [1.82, 2.24) is 15.6 Å². The maximum absolute atomic E-state index is 15.0. The number of benzene rings is 2. The third kappa shape index (κ3) is 6.68. The van der Waals surface area contributed by atoms with E-state index >= 15 is 0 Å². The molecule has 2 atom stereocenters. The minimum absolute atomic E-state index is 0.196. The molecule has 0 radical (unpaired) electrons. The Kier molecular flexibility index (Phi) is 8.09. The van der Waals surface area contributed by atoms with Crippen LogP contribution < -0.4 is 21.3 Å². The fourth-order valence-electron chi connectivity index (χ4n) is 3.99. The van der Waals surface area contributed by atoms with Crippen molar-refractivity contribution < 1.29 is 23.5 Å². The van der Waals surface area contributed by atoms with Crippen LogP contribution in [0.4, 0.5) is 14.9 Å². The average molecular weight is 506 g/mol. The quantitative estimate of drug-likeness (QED) is 0.410. The minimum atomic E-state index is -0.690. The van der Waals surface area contributed by atoms with Crippen LogP contribution in [0.1, 0.15) is 18.1 Å². The summed E-state index contributed by atoms with van der Waals surface area (Å²) in [5, 5.41) is 5.43. The van der Waals surface area contributed by atoms with Crippen molar-refractivity contribution in [2.24, 2.45) is 5.73 Å². The summed E-state index contributed by atoms with van der Waals surface area (Å²) in [7, 11) is 0. The van der Waals surface area contributed by atoms with Gasteiger partial charge in [0.25, 0.3) is 0 Å². The summed E-state index contributed by atoms with van der Waals surface area (Å²) in [5.41, 5.74) is 9.13. The summed E-state index contributed by atoms with van der Waals surface area (Å²) in [6, 6.07) is 14.7. The van der Waals surface area contributed by atoms with Crippen molar-refractivity contribution in [3.63, 3.8) is 0 Å². The molecule has 2 heterocycles. The van der Waals surface area contributed by atoms with Gasteiger partial charge in [-0.05, 0) is 47.4 Å². The number of hydrogen-bond donors (Lipinski definition) is 3. The Morgan fingerprint density at radius 1 is 1.16 bits per heavy atom. The fourth-order valence-corrected chi connectivity index (χ4v) is 3.99. The highest BCUT2D eigenvalue weighted by Crippen LogP contribution is 2.29. The first kappa shape index (κ1) is 25.8. The molecule has 0 bridgehead atoms. The third-order valence-electron chi connectivity index (χ3n) is 5.96. The Morgan fingerprint density at radius 3 is 2.62 bits per heavy atom. The lowest BCUT2D eigenvalue weighted by Crippen LogP contribution is -2.41. The monoisotopic (exact) mass is 505 g/mol. The molecule has 0 saturated carbocycles. The average Bonchev–Trinajstić information content (AvgIpc) is 3.27. The molecule has 4 N–H and O–H groups in total. The van der Waals surface area contributed by atoms with Crippen molar-refractivity contribution in [3.8, 4) is 11.1 Å². The lowest BCUT2D eigenvalue weighted by atomic mass is 10.0. The van der Waals surface area contributed by atoms with Gasteiger partial charge in [0, 0.05) is 31.4 Å². The number of carbonyl (C=O) groups excluding carboxylic acids is 3. The van der Waals surface area contributed by atoms with E-state index in [1.54, 1.807) is 54.9 Å². The van der Waals surface area contributed by atoms with Gasteiger partial charge in [-0.1, -0.05) is 30.3 Å². The lowest BCUT2D eigenvalue weighted by Gasteiger charge is -2.15. The molecule has 1 saturated heterocycles. The predicted molar refractivity (Wildman–Crippen MR) is 136 cm³/mol. The molecule has 1 fully saturated rings. The number of hydrogen-bond acceptors (Lipinski definition) is 6. The normalized spacial score (nSPS) is 15.7. The molecule has 3 aromatic rings. The highest BCUT2D eigenvalue weighted by Gasteiger charge is 2.32. The smallest absolute Gasteiger partial charge is 0.414 e. The molecule has 3 amide bonds. The van der Waals surface area contributed by atoms with E-state index in [1.807, 2.05) is 6.07 Å². The molecular weight excluding hydrogens is 477 g/mol. The van der Waals surface area contributed by atoms with Gasteiger partial charge in [0.2, 0.25) is 11.8 Å². The summed E-state index contributed by atoms with van der Waals surface area (Å²) in [6.45, 7) is 2.08. The Morgan fingerprint density at radius 2 is 1.95 bits per heavy atom. The first-order chi connectivity index (χ1) is 17.8. The number of nitrogens with one attached hydrogen (secondary N) is 2. The van der Waals surface area contributed by atoms with Crippen LogP contribution in [0.2, 0.25) is 0 Å². The zero-order chi connectivity index (χ0) is 26.4. The van der Waals surface area contributed by atoms with E-state index in [0.29, 0.717) is 23.2 Å². The standard InChI is InChI=1S/C27H28FN5O4/c1-17(34)31-15-22-16-33(27(36)37-22)21-8-9-23(24(28)12-21)20-6-4-18(5-7-20)14-32-26(35)25(29)11-19-3-2-10-30-13-19/h2-10,12-13,22,25H,11,14-16,29H2,1H3,(H,31,34)(H,32,35)/t22-,25+/m0/s1. The van der Waals surface area contributed by atoms with Gasteiger partial charge in [-0.2, -0.15) is 0 Å². The highest BCUT2D eigenvalue weighted by molar-refractivity contribution is 5.90. The van der Waals surface area contributed by atoms with Crippen molar-refractivity contribution in [3.05, 3.63) is 83.9 Å². The summed E-state index contributed by atoms with van der Waals surface area (Å²) in [4.78, 5) is 41.0. The van der Waals surface area contributed by atoms with Gasteiger partial charge in [-0.15, -0.1) is 0 Å². The van der Waals surface area contributed by atoms with Crippen molar-refractivity contribution in [2.45, 2.75) is 32.0 Å². The Balaban J connectivity index is 1.34. The zero-order valence-electron chi connectivity index (χ0n) is 20.3. The topological polar surface area (TPSA) is 127 Å². The molecule has 1 aliphatic heterocycles. The van der Waals surface area contributed by atoms with E-state index in [1.165, 1.54) is 17.9 Å². The molecule has 4 rings (SSSR count). The zero-order valence-corrected chi connectivity index (χ0v) is 20.3. The van der Waals surface area contributed by atoms with Crippen LogP contribution in [0.15, 0.2) is 67.0 Å². The van der Waals surface area contributed by atoms with Gasteiger partial charge in [0.15, 0.2) is 0 Å². The summed E-state index contributed by atoms with van der Waals surface area (Å²) in [5.74, 6) is -0.977. The van der Waals surface area contributed by atoms with Crippen LogP contribution in [0, 0.1) is 5.82 Å². The Labute approximate surface area is 213 Å². The second kappa shape index (κ2) is 11.6. The van der Waals surface area contributed by atoms with Crippen LogP contribution in [-0.2, 0) is 27.3 Å². The third-order valence-corrected chi connectivity index (χ3v) is 5.96. The predicted octanol–water partition coefficient (Wildman–Crippen LogP) is 2.54. The summed E-state index contributed by atoms with van der Waals surface area (Å²) in [6.07, 6.45) is 2.64. The number of nitrogens with zero attached hydrogens (tertiary/aromatic N) is 2. The summed E-state index contributed by atoms with van der Waals surface area (Å²) >= 11 is 0. The Bertz CT molecular complexity index is 1270. The number of carbonyl (C=O) groups is 3. The molecule has 9 nitrogen and oxygen atoms in total. The number of aromatic nitrogens is 1. The second-order valence-electron chi connectivity index (χ2n) is 8.80. The highest BCUT2D eigenvalue weighted by atomic mass is 19.1. The molecule has 1 aliphatic rings. The van der Waals surface area contributed by atoms with Gasteiger partial charge in [-0.25, -0.2) is 9.18 Å². The van der Waals surface area contributed by atoms with Crippen LogP contribution in [-0.4, -0.2) is 48.1 Å². The van der Waals surface area contributed by atoms with E-state index in [4.69, 9.17) is 10.5 Å². The Hall–Kier alpha value is -4.31. The number of amides is 3. The van der Waals surface area contributed by atoms with Crippen molar-refractivity contribution in [2.75, 3.05) is 18.0 Å². The second-order valence-corrected chi connectivity index (χ2v) is 8.80. The van der Waals surface area contributed by atoms with Crippen molar-refractivity contribution >= 4 is 23.6 Å². The van der Waals surface area contributed by atoms with E-state index in [9.17, 15) is 18.8 Å². The molecule has 2 aromatic carbocycles. The maximum Gasteiger partial charge on any atom is 0.414 e. The van der Waals surface area contributed by atoms with E-state index in [2.05, 4.69) is 15.6 Å². The minimum Gasteiger partial charge on any atom is -0.442 e. The van der Waals surface area contributed by atoms with E-state index in [-0.39, 0.29) is 31.4 Å². The van der Waals surface area contributed by atoms with Crippen LogP contribution in [0.5, 0.6) is 0 Å². The van der Waals surface area contributed by atoms with Gasteiger partial charge < -0.3 is 21.1 Å². The fraction of sp³-hybridized carbons (Fsp3) is 0.259. The van der Waals surface area contributed by atoms with Crippen molar-refractivity contribution in [1.29, 1.82) is 0 Å². The number of halogens is 1. The number of ether oxygens (including phenoxy) is 1. The number of pyridine rings is 1. The van der Waals surface area contributed by atoms with Gasteiger partial charge in [-0.3, -0.25) is 19.5 Å². The van der Waals surface area contributed by atoms with Crippen LogP contribution in [0.25, 0.3) is 11.1 Å². The lowest BCUT2D eigenvalue weighted by molar-refractivity contribution is -0.122. The van der Waals surface area contributed by atoms with Crippen LogP contribution >= 0.6 is 0 Å². The first-order valence-electron chi connectivity index (χ1n) is 11.8. The molecule has 0 unspecified atom stereocenters. The molecular formula is C27H28FN5O4. The molecule has 10 heteroatoms. The molecule has 1 aromatic heterocycles. The number of rotatable bonds is 9. The van der Waals surface area contributed by atoms with Gasteiger partial charge >= 0.3 is 6.09 Å².